The SMILES string of the molecule is Cc1nc(C2CCN(C(=O)c3cc(CC4CCNC4)ccc3F)CC2)cc(=O)[nH]1.Cl.Cl. The monoisotopic (exact) mass is 470 g/mol. The van der Waals surface area contributed by atoms with Crippen LogP contribution in [0.5, 0.6) is 0 Å². The van der Waals surface area contributed by atoms with Crippen LogP contribution in [0.3, 0.4) is 0 Å². The molecule has 0 radical (unpaired) electrons. The van der Waals surface area contributed by atoms with Crippen LogP contribution in [0, 0.1) is 18.7 Å². The van der Waals surface area contributed by atoms with E-state index < -0.39 is 5.82 Å². The Morgan fingerprint density at radius 1 is 1.19 bits per heavy atom. The number of aromatic amines is 1. The number of amides is 1. The summed E-state index contributed by atoms with van der Waals surface area (Å²) in [7, 11) is 0. The van der Waals surface area contributed by atoms with Crippen molar-refractivity contribution in [1.29, 1.82) is 0 Å². The van der Waals surface area contributed by atoms with Crippen molar-refractivity contribution >= 4 is 30.7 Å². The molecule has 0 spiro atoms. The van der Waals surface area contributed by atoms with E-state index in [1.165, 1.54) is 12.1 Å². The van der Waals surface area contributed by atoms with Crippen LogP contribution >= 0.6 is 24.8 Å². The van der Waals surface area contributed by atoms with Gasteiger partial charge in [-0.3, -0.25) is 9.59 Å². The number of hydrogen-bond acceptors (Lipinski definition) is 4. The number of halogens is 3. The minimum Gasteiger partial charge on any atom is -0.339 e. The van der Waals surface area contributed by atoms with E-state index in [4.69, 9.17) is 0 Å². The quantitative estimate of drug-likeness (QED) is 0.718. The third-order valence-electron chi connectivity index (χ3n) is 6.03. The van der Waals surface area contributed by atoms with Crippen molar-refractivity contribution < 1.29 is 9.18 Å². The fraction of sp³-hybridized carbons (Fsp3) is 0.500. The second-order valence-electron chi connectivity index (χ2n) is 8.20. The van der Waals surface area contributed by atoms with Gasteiger partial charge in [0.25, 0.3) is 11.5 Å². The standard InChI is InChI=1S/C22H27FN4O2.2ClH/c1-14-25-20(12-21(28)26-14)17-5-8-27(9-6-17)22(29)18-11-15(2-3-19(18)23)10-16-4-7-24-13-16;;/h2-3,11-12,16-17,24H,4-10,13H2,1H3,(H,25,26,28);2*1H. The Bertz CT molecular complexity index is 955. The zero-order valence-corrected chi connectivity index (χ0v) is 19.2. The minimum absolute atomic E-state index is 0. The molecule has 9 heteroatoms. The molecule has 2 aliphatic heterocycles. The summed E-state index contributed by atoms with van der Waals surface area (Å²) in [5.74, 6) is 0.581. The number of H-pyrrole nitrogens is 1. The van der Waals surface area contributed by atoms with Gasteiger partial charge in [-0.15, -0.1) is 24.8 Å². The van der Waals surface area contributed by atoms with Crippen LogP contribution in [-0.2, 0) is 6.42 Å². The number of nitrogens with zero attached hydrogens (tertiary/aromatic N) is 2. The van der Waals surface area contributed by atoms with Crippen LogP contribution < -0.4 is 10.9 Å². The molecule has 0 saturated carbocycles. The number of carbonyl (C=O) groups is 1. The molecule has 1 unspecified atom stereocenters. The van der Waals surface area contributed by atoms with Gasteiger partial charge in [0.1, 0.15) is 11.6 Å². The second-order valence-corrected chi connectivity index (χ2v) is 8.20. The van der Waals surface area contributed by atoms with Gasteiger partial charge >= 0.3 is 0 Å². The molecule has 6 nitrogen and oxygen atoms in total. The number of benzene rings is 1. The first-order valence-corrected chi connectivity index (χ1v) is 10.4. The number of piperidine rings is 1. The summed E-state index contributed by atoms with van der Waals surface area (Å²) in [4.78, 5) is 33.5. The maximum absolute atomic E-state index is 14.4. The lowest BCUT2D eigenvalue weighted by Gasteiger charge is -2.32. The molecule has 1 atom stereocenters. The molecular formula is C22H29Cl2FN4O2. The highest BCUT2D eigenvalue weighted by molar-refractivity contribution is 5.94. The molecule has 1 aromatic heterocycles. The van der Waals surface area contributed by atoms with E-state index in [-0.39, 0.29) is 47.8 Å². The number of aromatic nitrogens is 2. The summed E-state index contributed by atoms with van der Waals surface area (Å²) in [5, 5.41) is 3.34. The van der Waals surface area contributed by atoms with Crippen LogP contribution in [-0.4, -0.2) is 47.0 Å². The Balaban J connectivity index is 0.00000171. The lowest BCUT2D eigenvalue weighted by molar-refractivity contribution is 0.0707. The summed E-state index contributed by atoms with van der Waals surface area (Å²) < 4.78 is 14.4. The van der Waals surface area contributed by atoms with Crippen molar-refractivity contribution in [2.45, 2.75) is 38.5 Å². The Morgan fingerprint density at radius 3 is 2.58 bits per heavy atom. The first kappa shape index (κ1) is 25.3. The lowest BCUT2D eigenvalue weighted by atomic mass is 9.92. The molecule has 2 fully saturated rings. The smallest absolute Gasteiger partial charge is 0.256 e. The van der Waals surface area contributed by atoms with Crippen LogP contribution in [0.4, 0.5) is 4.39 Å². The molecule has 2 N–H and O–H groups in total. The zero-order chi connectivity index (χ0) is 20.4. The van der Waals surface area contributed by atoms with Gasteiger partial charge in [-0.25, -0.2) is 9.37 Å². The van der Waals surface area contributed by atoms with Crippen molar-refractivity contribution in [2.75, 3.05) is 26.2 Å². The van der Waals surface area contributed by atoms with Gasteiger partial charge in [-0.1, -0.05) is 6.07 Å². The topological polar surface area (TPSA) is 78.1 Å². The average Bonchev–Trinajstić information content (AvgIpc) is 3.21. The van der Waals surface area contributed by atoms with Crippen LogP contribution in [0.2, 0.25) is 0 Å². The van der Waals surface area contributed by atoms with Crippen molar-refractivity contribution in [3.05, 3.63) is 63.1 Å². The van der Waals surface area contributed by atoms with Gasteiger partial charge in [0.2, 0.25) is 0 Å². The summed E-state index contributed by atoms with van der Waals surface area (Å²) in [6.07, 6.45) is 3.42. The van der Waals surface area contributed by atoms with E-state index >= 15 is 0 Å². The second kappa shape index (κ2) is 11.1. The normalized spacial score (nSPS) is 18.9. The Kier molecular flexibility index (Phi) is 9.03. The zero-order valence-electron chi connectivity index (χ0n) is 17.5. The minimum atomic E-state index is -0.461. The van der Waals surface area contributed by atoms with Gasteiger partial charge in [0.15, 0.2) is 0 Å². The largest absolute Gasteiger partial charge is 0.339 e. The van der Waals surface area contributed by atoms with Gasteiger partial charge in [0.05, 0.1) is 11.3 Å². The van der Waals surface area contributed by atoms with Crippen molar-refractivity contribution in [2.24, 2.45) is 5.92 Å². The van der Waals surface area contributed by atoms with Crippen molar-refractivity contribution in [3.8, 4) is 0 Å². The Labute approximate surface area is 193 Å². The highest BCUT2D eigenvalue weighted by atomic mass is 35.5. The number of hydrogen-bond donors (Lipinski definition) is 2. The van der Waals surface area contributed by atoms with Gasteiger partial charge < -0.3 is 15.2 Å². The van der Waals surface area contributed by atoms with Crippen molar-refractivity contribution in [3.63, 3.8) is 0 Å². The third kappa shape index (κ3) is 6.05. The molecule has 0 bridgehead atoms. The molecule has 31 heavy (non-hydrogen) atoms. The number of aryl methyl sites for hydroxylation is 1. The van der Waals surface area contributed by atoms with Gasteiger partial charge in [0, 0.05) is 25.1 Å². The molecule has 4 rings (SSSR count). The fourth-order valence-corrected chi connectivity index (χ4v) is 4.45. The van der Waals surface area contributed by atoms with Gasteiger partial charge in [-0.05, 0) is 69.3 Å². The number of carbonyl (C=O) groups excluding carboxylic acids is 1. The molecule has 1 amide bonds. The molecule has 2 aliphatic rings. The van der Waals surface area contributed by atoms with Crippen molar-refractivity contribution in [1.82, 2.24) is 20.2 Å². The average molecular weight is 471 g/mol. The molecular weight excluding hydrogens is 442 g/mol. The first-order valence-electron chi connectivity index (χ1n) is 10.4. The highest BCUT2D eigenvalue weighted by Crippen LogP contribution is 2.27. The number of rotatable bonds is 4. The first-order chi connectivity index (χ1) is 14.0. The molecule has 3 heterocycles. The summed E-state index contributed by atoms with van der Waals surface area (Å²) in [5.41, 5.74) is 1.80. The predicted molar refractivity (Wildman–Crippen MR) is 123 cm³/mol. The molecule has 0 aliphatic carbocycles. The van der Waals surface area contributed by atoms with E-state index in [9.17, 15) is 14.0 Å². The summed E-state index contributed by atoms with van der Waals surface area (Å²) >= 11 is 0. The van der Waals surface area contributed by atoms with E-state index in [0.717, 1.165) is 50.0 Å². The van der Waals surface area contributed by atoms with Crippen LogP contribution in [0.15, 0.2) is 29.1 Å². The fourth-order valence-electron chi connectivity index (χ4n) is 4.45. The van der Waals surface area contributed by atoms with E-state index in [1.54, 1.807) is 24.0 Å². The van der Waals surface area contributed by atoms with Crippen LogP contribution in [0.1, 0.15) is 52.6 Å². The highest BCUT2D eigenvalue weighted by Gasteiger charge is 2.27. The third-order valence-corrected chi connectivity index (χ3v) is 6.03. The molecule has 2 saturated heterocycles. The van der Waals surface area contributed by atoms with Gasteiger partial charge in [-0.2, -0.15) is 0 Å². The van der Waals surface area contributed by atoms with E-state index in [2.05, 4.69) is 15.3 Å². The Hall–Kier alpha value is -1.96. The maximum atomic E-state index is 14.4. The van der Waals surface area contributed by atoms with Crippen LogP contribution in [0.25, 0.3) is 0 Å². The molecule has 1 aromatic carbocycles. The number of nitrogens with one attached hydrogen (secondary N) is 2. The Morgan fingerprint density at radius 2 is 1.94 bits per heavy atom. The van der Waals surface area contributed by atoms with E-state index in [0.29, 0.717) is 24.8 Å². The van der Waals surface area contributed by atoms with E-state index in [1.807, 2.05) is 0 Å². The maximum Gasteiger partial charge on any atom is 0.256 e. The molecule has 170 valence electrons. The lowest BCUT2D eigenvalue weighted by Crippen LogP contribution is -2.38. The predicted octanol–water partition coefficient (Wildman–Crippen LogP) is 3.23. The summed E-state index contributed by atoms with van der Waals surface area (Å²) in [6.45, 7) is 4.83. The molecule has 2 aromatic rings. The summed E-state index contributed by atoms with van der Waals surface area (Å²) in [6, 6.07) is 6.47. The number of likely N-dealkylation sites (tertiary alicyclic amines) is 1.